The predicted molar refractivity (Wildman–Crippen MR) is 91.5 cm³/mol. The molecule has 1 aromatic rings. The maximum atomic E-state index is 12.7. The number of piperidine rings is 1. The van der Waals surface area contributed by atoms with Gasteiger partial charge in [-0.2, -0.15) is 0 Å². The normalized spacial score (nSPS) is 20.5. The Morgan fingerprint density at radius 3 is 3.00 bits per heavy atom. The molecule has 7 heteroatoms. The summed E-state index contributed by atoms with van der Waals surface area (Å²) in [6.45, 7) is 1.70. The molecule has 1 unspecified atom stereocenters. The van der Waals surface area contributed by atoms with Crippen molar-refractivity contribution in [3.05, 3.63) is 29.3 Å². The van der Waals surface area contributed by atoms with Crippen molar-refractivity contribution in [1.29, 1.82) is 0 Å². The first-order valence-electron chi connectivity index (χ1n) is 8.41. The van der Waals surface area contributed by atoms with Gasteiger partial charge in [0.25, 0.3) is 0 Å². The molecule has 0 saturated carbocycles. The zero-order chi connectivity index (χ0) is 17.2. The molecule has 1 fully saturated rings. The van der Waals surface area contributed by atoms with Gasteiger partial charge in [-0.3, -0.25) is 4.79 Å². The number of rotatable bonds is 5. The lowest BCUT2D eigenvalue weighted by molar-refractivity contribution is -0.133. The highest BCUT2D eigenvalue weighted by molar-refractivity contribution is 7.88. The van der Waals surface area contributed by atoms with Crippen LogP contribution in [-0.4, -0.2) is 51.2 Å². The van der Waals surface area contributed by atoms with Gasteiger partial charge < -0.3 is 9.64 Å². The number of amides is 1. The van der Waals surface area contributed by atoms with Gasteiger partial charge in [-0.1, -0.05) is 12.1 Å². The van der Waals surface area contributed by atoms with Gasteiger partial charge in [-0.25, -0.2) is 13.1 Å². The zero-order valence-corrected chi connectivity index (χ0v) is 14.8. The summed E-state index contributed by atoms with van der Waals surface area (Å²) in [5, 5.41) is 0. The fraction of sp³-hybridized carbons (Fsp3) is 0.588. The summed E-state index contributed by atoms with van der Waals surface area (Å²) in [6, 6.07) is 5.87. The lowest BCUT2D eigenvalue weighted by atomic mass is 10.00. The molecule has 2 aliphatic heterocycles. The molecule has 3 rings (SSSR count). The quantitative estimate of drug-likeness (QED) is 0.861. The van der Waals surface area contributed by atoms with Gasteiger partial charge in [-0.15, -0.1) is 0 Å². The van der Waals surface area contributed by atoms with Crippen molar-refractivity contribution in [2.45, 2.75) is 38.1 Å². The van der Waals surface area contributed by atoms with Gasteiger partial charge in [0.1, 0.15) is 5.75 Å². The van der Waals surface area contributed by atoms with Crippen molar-refractivity contribution >= 4 is 15.9 Å². The third kappa shape index (κ3) is 4.27. The Hall–Kier alpha value is -1.60. The summed E-state index contributed by atoms with van der Waals surface area (Å²) >= 11 is 0. The van der Waals surface area contributed by atoms with E-state index in [0.717, 1.165) is 48.8 Å². The molecular formula is C17H24N2O4S. The SMILES string of the molecule is CS(=O)(=O)NCC1CCCCN1C(=O)Cc1ccc2c(c1)CCO2. The zero-order valence-electron chi connectivity index (χ0n) is 14.0. The van der Waals surface area contributed by atoms with Crippen LogP contribution in [0, 0.1) is 0 Å². The van der Waals surface area contributed by atoms with Crippen molar-refractivity contribution in [2.75, 3.05) is 26.0 Å². The van der Waals surface area contributed by atoms with Gasteiger partial charge in [0, 0.05) is 25.6 Å². The summed E-state index contributed by atoms with van der Waals surface area (Å²) in [5.41, 5.74) is 2.15. The number of nitrogens with zero attached hydrogens (tertiary/aromatic N) is 1. The van der Waals surface area contributed by atoms with Crippen LogP contribution in [0.3, 0.4) is 0 Å². The molecule has 2 heterocycles. The molecule has 0 aliphatic carbocycles. The topological polar surface area (TPSA) is 75.7 Å². The predicted octanol–water partition coefficient (Wildman–Crippen LogP) is 1.09. The van der Waals surface area contributed by atoms with E-state index in [9.17, 15) is 13.2 Å². The monoisotopic (exact) mass is 352 g/mol. The molecule has 0 radical (unpaired) electrons. The lowest BCUT2D eigenvalue weighted by Gasteiger charge is -2.36. The summed E-state index contributed by atoms with van der Waals surface area (Å²) < 4.78 is 30.7. The molecule has 1 N–H and O–H groups in total. The highest BCUT2D eigenvalue weighted by Crippen LogP contribution is 2.26. The number of benzene rings is 1. The number of fused-ring (bicyclic) bond motifs is 1. The van der Waals surface area contributed by atoms with Crippen LogP contribution in [-0.2, 0) is 27.7 Å². The smallest absolute Gasteiger partial charge is 0.227 e. The second kappa shape index (κ2) is 7.11. The maximum Gasteiger partial charge on any atom is 0.227 e. The van der Waals surface area contributed by atoms with Crippen molar-refractivity contribution in [3.8, 4) is 5.75 Å². The van der Waals surface area contributed by atoms with Crippen molar-refractivity contribution < 1.29 is 17.9 Å². The number of ether oxygens (including phenoxy) is 1. The highest BCUT2D eigenvalue weighted by Gasteiger charge is 2.27. The second-order valence-electron chi connectivity index (χ2n) is 6.57. The van der Waals surface area contributed by atoms with E-state index in [1.54, 1.807) is 0 Å². The maximum absolute atomic E-state index is 12.7. The van der Waals surface area contributed by atoms with E-state index in [1.807, 2.05) is 23.1 Å². The lowest BCUT2D eigenvalue weighted by Crippen LogP contribution is -2.49. The number of sulfonamides is 1. The fourth-order valence-electron chi connectivity index (χ4n) is 3.41. The van der Waals surface area contributed by atoms with E-state index in [-0.39, 0.29) is 11.9 Å². The van der Waals surface area contributed by atoms with E-state index in [1.165, 1.54) is 0 Å². The van der Waals surface area contributed by atoms with E-state index in [0.29, 0.717) is 26.1 Å². The van der Waals surface area contributed by atoms with Crippen LogP contribution in [0.5, 0.6) is 5.75 Å². The summed E-state index contributed by atoms with van der Waals surface area (Å²) in [5.74, 6) is 0.980. The standard InChI is InChI=1S/C17H24N2O4S/c1-24(21,22)18-12-15-4-2-3-8-19(15)17(20)11-13-5-6-16-14(10-13)7-9-23-16/h5-6,10,15,18H,2-4,7-9,11-12H2,1H3. The van der Waals surface area contributed by atoms with Gasteiger partial charge in [-0.05, 0) is 36.5 Å². The fourth-order valence-corrected chi connectivity index (χ4v) is 3.91. The summed E-state index contributed by atoms with van der Waals surface area (Å²) in [4.78, 5) is 14.6. The minimum Gasteiger partial charge on any atom is -0.493 e. The Bertz CT molecular complexity index is 717. The molecule has 0 aromatic heterocycles. The largest absolute Gasteiger partial charge is 0.493 e. The van der Waals surface area contributed by atoms with Gasteiger partial charge in [0.05, 0.1) is 19.3 Å². The second-order valence-corrected chi connectivity index (χ2v) is 8.41. The number of carbonyl (C=O) groups is 1. The summed E-state index contributed by atoms with van der Waals surface area (Å²) in [7, 11) is -3.24. The van der Waals surface area contributed by atoms with Crippen LogP contribution >= 0.6 is 0 Å². The Kier molecular flexibility index (Phi) is 5.10. The van der Waals surface area contributed by atoms with Gasteiger partial charge >= 0.3 is 0 Å². The molecular weight excluding hydrogens is 328 g/mol. The average Bonchev–Trinajstić information content (AvgIpc) is 3.00. The number of likely N-dealkylation sites (tertiary alicyclic amines) is 1. The van der Waals surface area contributed by atoms with E-state index in [2.05, 4.69) is 4.72 Å². The molecule has 1 amide bonds. The van der Waals surface area contributed by atoms with Crippen LogP contribution in [0.2, 0.25) is 0 Å². The van der Waals surface area contributed by atoms with Crippen molar-refractivity contribution in [2.24, 2.45) is 0 Å². The van der Waals surface area contributed by atoms with Crippen molar-refractivity contribution in [3.63, 3.8) is 0 Å². The first-order chi connectivity index (χ1) is 11.4. The average molecular weight is 352 g/mol. The molecule has 1 atom stereocenters. The first-order valence-corrected chi connectivity index (χ1v) is 10.3. The van der Waals surface area contributed by atoms with Gasteiger partial charge in [0.2, 0.25) is 15.9 Å². The molecule has 6 nitrogen and oxygen atoms in total. The third-order valence-electron chi connectivity index (χ3n) is 4.64. The molecule has 2 aliphatic rings. The van der Waals surface area contributed by atoms with E-state index in [4.69, 9.17) is 4.74 Å². The van der Waals surface area contributed by atoms with Crippen LogP contribution in [0.15, 0.2) is 18.2 Å². The molecule has 1 aromatic carbocycles. The Morgan fingerprint density at radius 2 is 2.21 bits per heavy atom. The molecule has 1 saturated heterocycles. The molecule has 0 spiro atoms. The number of hydrogen-bond acceptors (Lipinski definition) is 4. The van der Waals surface area contributed by atoms with Crippen LogP contribution in [0.4, 0.5) is 0 Å². The Balaban J connectivity index is 1.65. The van der Waals surface area contributed by atoms with Crippen LogP contribution in [0.1, 0.15) is 30.4 Å². The third-order valence-corrected chi connectivity index (χ3v) is 5.33. The van der Waals surface area contributed by atoms with E-state index < -0.39 is 10.0 Å². The number of nitrogens with one attached hydrogen (secondary N) is 1. The minimum absolute atomic E-state index is 0.0567. The molecule has 24 heavy (non-hydrogen) atoms. The first kappa shape index (κ1) is 17.2. The Labute approximate surface area is 143 Å². The van der Waals surface area contributed by atoms with Crippen LogP contribution in [0.25, 0.3) is 0 Å². The molecule has 0 bridgehead atoms. The Morgan fingerprint density at radius 1 is 1.38 bits per heavy atom. The van der Waals surface area contributed by atoms with E-state index >= 15 is 0 Å². The minimum atomic E-state index is -3.24. The van der Waals surface area contributed by atoms with Crippen molar-refractivity contribution in [1.82, 2.24) is 9.62 Å². The van der Waals surface area contributed by atoms with Crippen LogP contribution < -0.4 is 9.46 Å². The number of carbonyl (C=O) groups excluding carboxylic acids is 1. The molecule has 132 valence electrons. The number of hydrogen-bond donors (Lipinski definition) is 1. The summed E-state index contributed by atoms with van der Waals surface area (Å²) in [6.07, 6.45) is 5.22. The van der Waals surface area contributed by atoms with Gasteiger partial charge in [0.15, 0.2) is 0 Å². The highest BCUT2D eigenvalue weighted by atomic mass is 32.2.